The summed E-state index contributed by atoms with van der Waals surface area (Å²) in [7, 11) is 1.72. The maximum atomic E-state index is 13.9. The van der Waals surface area contributed by atoms with Crippen LogP contribution in [0.5, 0.6) is 0 Å². The normalized spacial score (nSPS) is 14.4. The largest absolute Gasteiger partial charge is 0.435 e. The zero-order valence-corrected chi connectivity index (χ0v) is 22.4. The lowest BCUT2D eigenvalue weighted by molar-refractivity contribution is -0.141. The van der Waals surface area contributed by atoms with Gasteiger partial charge in [-0.15, -0.1) is 0 Å². The predicted octanol–water partition coefficient (Wildman–Crippen LogP) is 5.59. The van der Waals surface area contributed by atoms with Crippen LogP contribution in [0.1, 0.15) is 58.5 Å². The minimum absolute atomic E-state index is 0.123. The van der Waals surface area contributed by atoms with Crippen LogP contribution in [0, 0.1) is 24.1 Å². The minimum Gasteiger partial charge on any atom is -0.345 e. The molecule has 4 aromatic rings. The van der Waals surface area contributed by atoms with Crippen LogP contribution in [0.2, 0.25) is 0 Å². The molecule has 2 N–H and O–H groups in total. The van der Waals surface area contributed by atoms with E-state index in [1.54, 1.807) is 66.7 Å². The molecule has 1 unspecified atom stereocenters. The first-order chi connectivity index (χ1) is 18.9. The summed E-state index contributed by atoms with van der Waals surface area (Å²) in [5.74, 6) is -0.577. The van der Waals surface area contributed by atoms with Crippen molar-refractivity contribution in [3.63, 3.8) is 0 Å². The zero-order valence-electron chi connectivity index (χ0n) is 22.4. The van der Waals surface area contributed by atoms with E-state index in [1.165, 1.54) is 23.0 Å². The van der Waals surface area contributed by atoms with Gasteiger partial charge >= 0.3 is 6.18 Å². The number of hydrogen-bond donors (Lipinski definition) is 2. The highest BCUT2D eigenvalue weighted by molar-refractivity contribution is 5.96. The second kappa shape index (κ2) is 10.4. The molecule has 2 heterocycles. The number of benzene rings is 2. The summed E-state index contributed by atoms with van der Waals surface area (Å²) in [5.41, 5.74) is 1.27. The zero-order chi connectivity index (χ0) is 28.8. The molecule has 7 nitrogen and oxygen atoms in total. The Bertz CT molecular complexity index is 1630. The summed E-state index contributed by atoms with van der Waals surface area (Å²) in [6.07, 6.45) is 1.88. The predicted molar refractivity (Wildman–Crippen MR) is 141 cm³/mol. The Balaban J connectivity index is 1.57. The number of aryl methyl sites for hydroxylation is 3. The van der Waals surface area contributed by atoms with Gasteiger partial charge in [0, 0.05) is 43.3 Å². The van der Waals surface area contributed by atoms with Crippen molar-refractivity contribution in [2.75, 3.05) is 0 Å². The number of nitrogens with one attached hydrogen (secondary N) is 2. The van der Waals surface area contributed by atoms with Crippen molar-refractivity contribution in [3.8, 4) is 11.1 Å². The van der Waals surface area contributed by atoms with Crippen molar-refractivity contribution >= 4 is 5.91 Å². The van der Waals surface area contributed by atoms with E-state index in [0.29, 0.717) is 11.1 Å². The van der Waals surface area contributed by atoms with Crippen LogP contribution >= 0.6 is 0 Å². The Morgan fingerprint density at radius 1 is 1.18 bits per heavy atom. The van der Waals surface area contributed by atoms with Crippen molar-refractivity contribution in [2.24, 2.45) is 13.0 Å². The third-order valence-corrected chi connectivity index (χ3v) is 7.27. The average molecular weight is 555 g/mol. The number of rotatable bonds is 8. The second-order valence-corrected chi connectivity index (χ2v) is 10.3. The van der Waals surface area contributed by atoms with Gasteiger partial charge < -0.3 is 14.5 Å². The Morgan fingerprint density at radius 2 is 1.93 bits per heavy atom. The van der Waals surface area contributed by atoms with Gasteiger partial charge in [0.15, 0.2) is 5.69 Å². The molecule has 1 aliphatic carbocycles. The smallest absolute Gasteiger partial charge is 0.345 e. The van der Waals surface area contributed by atoms with Gasteiger partial charge in [-0.05, 0) is 79.1 Å². The Kier molecular flexibility index (Phi) is 7.16. The fraction of sp³-hybridized carbons (Fsp3) is 0.345. The van der Waals surface area contributed by atoms with Crippen molar-refractivity contribution in [1.29, 1.82) is 5.41 Å². The van der Waals surface area contributed by atoms with Gasteiger partial charge in [0.05, 0.1) is 12.6 Å². The monoisotopic (exact) mass is 554 g/mol. The molecule has 0 saturated heterocycles. The fourth-order valence-corrected chi connectivity index (χ4v) is 4.91. The first-order valence-electron chi connectivity index (χ1n) is 13.1. The third-order valence-electron chi connectivity index (χ3n) is 7.27. The molecule has 0 radical (unpaired) electrons. The summed E-state index contributed by atoms with van der Waals surface area (Å²) in [6.45, 7) is 3.79. The highest BCUT2D eigenvalue weighted by Gasteiger charge is 2.38. The molecule has 2 aromatic carbocycles. The molecule has 1 fully saturated rings. The number of halogens is 4. The average Bonchev–Trinajstić information content (AvgIpc) is 3.57. The van der Waals surface area contributed by atoms with Crippen LogP contribution in [0.25, 0.3) is 11.1 Å². The molecule has 40 heavy (non-hydrogen) atoms. The number of aromatic nitrogens is 4. The van der Waals surface area contributed by atoms with Crippen molar-refractivity contribution < 1.29 is 22.4 Å². The SMILES string of the molecule is CCn1cc(-c2cc(Cn3ccn(C)c3=N)cc(C(=O)NC(c3ccc(F)c(C)c3)C3CC3)c2)c(C(F)(F)F)n1. The van der Waals surface area contributed by atoms with Crippen molar-refractivity contribution in [3.05, 3.63) is 94.4 Å². The summed E-state index contributed by atoms with van der Waals surface area (Å²) in [5, 5.41) is 15.0. The lowest BCUT2D eigenvalue weighted by atomic mass is 9.97. The molecule has 0 spiro atoms. The molecule has 1 atom stereocenters. The Hall–Kier alpha value is -4.15. The van der Waals surface area contributed by atoms with Gasteiger partial charge in [0.2, 0.25) is 5.62 Å². The number of nitrogens with zero attached hydrogens (tertiary/aromatic N) is 4. The van der Waals surface area contributed by atoms with Crippen LogP contribution in [0.4, 0.5) is 17.6 Å². The van der Waals surface area contributed by atoms with Gasteiger partial charge in [0.1, 0.15) is 5.82 Å². The fourth-order valence-electron chi connectivity index (χ4n) is 4.91. The Labute approximate surface area is 228 Å². The third kappa shape index (κ3) is 5.59. The highest BCUT2D eigenvalue weighted by Crippen LogP contribution is 2.42. The minimum atomic E-state index is -4.69. The maximum Gasteiger partial charge on any atom is 0.435 e. The second-order valence-electron chi connectivity index (χ2n) is 10.3. The lowest BCUT2D eigenvalue weighted by Crippen LogP contribution is -2.30. The molecule has 1 amide bonds. The van der Waals surface area contributed by atoms with Crippen LogP contribution in [-0.2, 0) is 26.3 Å². The van der Waals surface area contributed by atoms with E-state index < -0.39 is 17.8 Å². The molecule has 0 aliphatic heterocycles. The van der Waals surface area contributed by atoms with E-state index in [9.17, 15) is 22.4 Å². The number of imidazole rings is 1. The molecule has 2 aromatic heterocycles. The number of carbonyl (C=O) groups excluding carboxylic acids is 1. The van der Waals surface area contributed by atoms with E-state index in [-0.39, 0.29) is 53.2 Å². The van der Waals surface area contributed by atoms with E-state index in [2.05, 4.69) is 10.4 Å². The number of hydrogen-bond acceptors (Lipinski definition) is 3. The molecule has 5 rings (SSSR count). The standard InChI is InChI=1S/C29H30F4N6O/c1-4-39-16-23(26(36-39)29(31,32)33)21-12-18(15-38-10-9-37(3)28(38)34)13-22(14-21)27(40)35-25(19-5-6-19)20-7-8-24(30)17(2)11-20/h7-14,16,19,25,34H,4-6,15H2,1-3H3,(H,35,40). The van der Waals surface area contributed by atoms with Crippen LogP contribution in [0.3, 0.4) is 0 Å². The van der Waals surface area contributed by atoms with Crippen molar-refractivity contribution in [1.82, 2.24) is 24.2 Å². The summed E-state index contributed by atoms with van der Waals surface area (Å²) < 4.78 is 60.2. The van der Waals surface area contributed by atoms with Crippen LogP contribution < -0.4 is 10.9 Å². The molecule has 1 saturated carbocycles. The van der Waals surface area contributed by atoms with Gasteiger partial charge in [-0.3, -0.25) is 14.9 Å². The van der Waals surface area contributed by atoms with Gasteiger partial charge in [-0.25, -0.2) is 4.39 Å². The van der Waals surface area contributed by atoms with Crippen LogP contribution in [-0.4, -0.2) is 24.8 Å². The molecule has 11 heteroatoms. The van der Waals surface area contributed by atoms with Crippen LogP contribution in [0.15, 0.2) is 55.0 Å². The number of alkyl halides is 3. The molecule has 1 aliphatic rings. The number of carbonyl (C=O) groups is 1. The lowest BCUT2D eigenvalue weighted by Gasteiger charge is -2.20. The maximum absolute atomic E-state index is 13.9. The summed E-state index contributed by atoms with van der Waals surface area (Å²) in [6, 6.07) is 9.09. The molecule has 210 valence electrons. The summed E-state index contributed by atoms with van der Waals surface area (Å²) >= 11 is 0. The molecular formula is C29H30F4N6O. The number of amides is 1. The Morgan fingerprint density at radius 3 is 2.52 bits per heavy atom. The van der Waals surface area contributed by atoms with Gasteiger partial charge in [0.25, 0.3) is 5.91 Å². The van der Waals surface area contributed by atoms with Crippen molar-refractivity contribution in [2.45, 2.75) is 52.0 Å². The quantitative estimate of drug-likeness (QED) is 0.279. The van der Waals surface area contributed by atoms with E-state index >= 15 is 0 Å². The van der Waals surface area contributed by atoms with E-state index in [4.69, 9.17) is 5.41 Å². The summed E-state index contributed by atoms with van der Waals surface area (Å²) in [4.78, 5) is 13.6. The topological polar surface area (TPSA) is 80.6 Å². The first kappa shape index (κ1) is 27.4. The molecule has 0 bridgehead atoms. The molecular weight excluding hydrogens is 524 g/mol. The van der Waals surface area contributed by atoms with Gasteiger partial charge in [-0.1, -0.05) is 12.1 Å². The van der Waals surface area contributed by atoms with E-state index in [1.807, 2.05) is 0 Å². The highest BCUT2D eigenvalue weighted by atomic mass is 19.4. The first-order valence-corrected chi connectivity index (χ1v) is 13.1. The van der Waals surface area contributed by atoms with Gasteiger partial charge in [-0.2, -0.15) is 18.3 Å². The van der Waals surface area contributed by atoms with E-state index in [0.717, 1.165) is 18.4 Å².